The number of benzene rings is 1. The quantitative estimate of drug-likeness (QED) is 0.738. The molecule has 4 nitrogen and oxygen atoms in total. The number of hydrogen-bond donors (Lipinski definition) is 0. The Morgan fingerprint density at radius 3 is 2.82 bits per heavy atom. The van der Waals surface area contributed by atoms with Crippen molar-refractivity contribution in [1.29, 1.82) is 0 Å². The van der Waals surface area contributed by atoms with Gasteiger partial charge in [-0.3, -0.25) is 9.69 Å². The van der Waals surface area contributed by atoms with Crippen molar-refractivity contribution in [2.45, 2.75) is 6.54 Å². The molecule has 0 unspecified atom stereocenters. The van der Waals surface area contributed by atoms with E-state index in [1.807, 2.05) is 18.2 Å². The minimum Gasteiger partial charge on any atom is -0.496 e. The first-order valence-corrected chi connectivity index (χ1v) is 5.75. The predicted molar refractivity (Wildman–Crippen MR) is 64.5 cm³/mol. The van der Waals surface area contributed by atoms with Crippen molar-refractivity contribution in [3.05, 3.63) is 29.3 Å². The van der Waals surface area contributed by atoms with Gasteiger partial charge >= 0.3 is 0 Å². The highest BCUT2D eigenvalue weighted by Gasteiger charge is 2.11. The third-order valence-corrected chi connectivity index (χ3v) is 2.93. The summed E-state index contributed by atoms with van der Waals surface area (Å²) in [6.07, 6.45) is 0.817. The van der Waals surface area contributed by atoms with E-state index in [0.29, 0.717) is 11.3 Å². The van der Waals surface area contributed by atoms with Gasteiger partial charge in [0.1, 0.15) is 5.75 Å². The van der Waals surface area contributed by atoms with Crippen molar-refractivity contribution < 1.29 is 14.3 Å². The lowest BCUT2D eigenvalue weighted by molar-refractivity contribution is 0.0341. The summed E-state index contributed by atoms with van der Waals surface area (Å²) in [6.45, 7) is 4.38. The molecule has 1 aliphatic rings. The van der Waals surface area contributed by atoms with Gasteiger partial charge in [0.25, 0.3) is 0 Å². The first-order chi connectivity index (χ1) is 8.33. The summed E-state index contributed by atoms with van der Waals surface area (Å²) in [7, 11) is 1.58. The molecule has 92 valence electrons. The summed E-state index contributed by atoms with van der Waals surface area (Å²) < 4.78 is 10.5. The molecule has 1 aliphatic heterocycles. The van der Waals surface area contributed by atoms with Crippen LogP contribution in [0.2, 0.25) is 0 Å². The molecule has 1 aromatic rings. The largest absolute Gasteiger partial charge is 0.496 e. The lowest BCUT2D eigenvalue weighted by atomic mass is 10.1. The molecular formula is C13H17NO3. The van der Waals surface area contributed by atoms with Crippen LogP contribution in [-0.4, -0.2) is 44.6 Å². The third-order valence-electron chi connectivity index (χ3n) is 2.93. The first-order valence-electron chi connectivity index (χ1n) is 5.75. The Morgan fingerprint density at radius 1 is 1.41 bits per heavy atom. The van der Waals surface area contributed by atoms with Crippen LogP contribution in [0, 0.1) is 0 Å². The summed E-state index contributed by atoms with van der Waals surface area (Å²) in [5.74, 6) is 0.644. The van der Waals surface area contributed by atoms with Gasteiger partial charge < -0.3 is 9.47 Å². The van der Waals surface area contributed by atoms with E-state index in [-0.39, 0.29) is 0 Å². The molecule has 0 aromatic heterocycles. The minimum atomic E-state index is 0.596. The van der Waals surface area contributed by atoms with Gasteiger partial charge in [-0.05, 0) is 17.7 Å². The molecule has 0 radical (unpaired) electrons. The van der Waals surface area contributed by atoms with Crippen molar-refractivity contribution in [2.75, 3.05) is 33.4 Å². The zero-order chi connectivity index (χ0) is 12.1. The molecule has 0 atom stereocenters. The van der Waals surface area contributed by atoms with Crippen molar-refractivity contribution in [3.8, 4) is 5.75 Å². The van der Waals surface area contributed by atoms with Gasteiger partial charge in [0, 0.05) is 19.6 Å². The fourth-order valence-corrected chi connectivity index (χ4v) is 1.97. The first kappa shape index (κ1) is 12.1. The van der Waals surface area contributed by atoms with Crippen LogP contribution in [0.15, 0.2) is 18.2 Å². The molecule has 17 heavy (non-hydrogen) atoms. The maximum absolute atomic E-state index is 10.8. The molecule has 1 aromatic carbocycles. The van der Waals surface area contributed by atoms with Crippen molar-refractivity contribution >= 4 is 6.29 Å². The van der Waals surface area contributed by atoms with Crippen LogP contribution in [0.4, 0.5) is 0 Å². The summed E-state index contributed by atoms with van der Waals surface area (Å²) in [5, 5.41) is 0. The van der Waals surface area contributed by atoms with Crippen LogP contribution in [0.5, 0.6) is 5.75 Å². The number of methoxy groups -OCH3 is 1. The number of nitrogens with zero attached hydrogens (tertiary/aromatic N) is 1. The van der Waals surface area contributed by atoms with Crippen LogP contribution < -0.4 is 4.74 Å². The predicted octanol–water partition coefficient (Wildman–Crippen LogP) is 1.34. The Labute approximate surface area is 101 Å². The van der Waals surface area contributed by atoms with Crippen LogP contribution >= 0.6 is 0 Å². The zero-order valence-electron chi connectivity index (χ0n) is 10.0. The molecule has 0 bridgehead atoms. The van der Waals surface area contributed by atoms with Gasteiger partial charge in [-0.15, -0.1) is 0 Å². The maximum Gasteiger partial charge on any atom is 0.153 e. The van der Waals surface area contributed by atoms with Crippen molar-refractivity contribution in [2.24, 2.45) is 0 Å². The normalized spacial score (nSPS) is 16.8. The van der Waals surface area contributed by atoms with Crippen LogP contribution in [0.25, 0.3) is 0 Å². The Bertz CT molecular complexity index is 386. The van der Waals surface area contributed by atoms with E-state index >= 15 is 0 Å². The highest BCUT2D eigenvalue weighted by atomic mass is 16.5. The van der Waals surface area contributed by atoms with Crippen molar-refractivity contribution in [3.63, 3.8) is 0 Å². The molecule has 4 heteroatoms. The lowest BCUT2D eigenvalue weighted by Crippen LogP contribution is -2.35. The Balaban J connectivity index is 2.07. The molecule has 0 amide bonds. The highest BCUT2D eigenvalue weighted by Crippen LogP contribution is 2.19. The monoisotopic (exact) mass is 235 g/mol. The summed E-state index contributed by atoms with van der Waals surface area (Å²) in [5.41, 5.74) is 1.76. The highest BCUT2D eigenvalue weighted by molar-refractivity contribution is 5.79. The summed E-state index contributed by atoms with van der Waals surface area (Å²) >= 11 is 0. The number of rotatable bonds is 4. The summed E-state index contributed by atoms with van der Waals surface area (Å²) in [6, 6.07) is 5.71. The second-order valence-electron chi connectivity index (χ2n) is 4.08. The van der Waals surface area contributed by atoms with E-state index in [4.69, 9.17) is 9.47 Å². The van der Waals surface area contributed by atoms with E-state index < -0.39 is 0 Å². The molecule has 0 saturated carbocycles. The molecule has 0 N–H and O–H groups in total. The molecule has 1 fully saturated rings. The minimum absolute atomic E-state index is 0.596. The second kappa shape index (κ2) is 5.80. The molecule has 2 rings (SSSR count). The lowest BCUT2D eigenvalue weighted by Gasteiger charge is -2.26. The smallest absolute Gasteiger partial charge is 0.153 e. The number of aldehydes is 1. The van der Waals surface area contributed by atoms with Gasteiger partial charge in [0.15, 0.2) is 6.29 Å². The zero-order valence-corrected chi connectivity index (χ0v) is 10.0. The average molecular weight is 235 g/mol. The van der Waals surface area contributed by atoms with E-state index in [2.05, 4.69) is 4.90 Å². The van der Waals surface area contributed by atoms with Gasteiger partial charge in [0.2, 0.25) is 0 Å². The number of carbonyl (C=O) groups is 1. The van der Waals surface area contributed by atoms with Gasteiger partial charge in [-0.25, -0.2) is 0 Å². The van der Waals surface area contributed by atoms with E-state index in [0.717, 1.165) is 44.7 Å². The molecule has 1 heterocycles. The van der Waals surface area contributed by atoms with Crippen LogP contribution in [0.3, 0.4) is 0 Å². The number of hydrogen-bond acceptors (Lipinski definition) is 4. The Kier molecular flexibility index (Phi) is 4.12. The number of morpholine rings is 1. The van der Waals surface area contributed by atoms with E-state index in [1.165, 1.54) is 0 Å². The number of ether oxygens (including phenoxy) is 2. The standard InChI is InChI=1S/C13H17NO3/c1-16-13-8-11(2-3-12(13)10-15)9-14-4-6-17-7-5-14/h2-3,8,10H,4-7,9H2,1H3. The molecule has 0 spiro atoms. The third kappa shape index (κ3) is 3.05. The van der Waals surface area contributed by atoms with Gasteiger partial charge in [-0.2, -0.15) is 0 Å². The molecular weight excluding hydrogens is 218 g/mol. The topological polar surface area (TPSA) is 38.8 Å². The van der Waals surface area contributed by atoms with E-state index in [1.54, 1.807) is 7.11 Å². The Hall–Kier alpha value is -1.39. The van der Waals surface area contributed by atoms with Crippen LogP contribution in [0.1, 0.15) is 15.9 Å². The second-order valence-corrected chi connectivity index (χ2v) is 4.08. The fourth-order valence-electron chi connectivity index (χ4n) is 1.97. The Morgan fingerprint density at radius 2 is 2.18 bits per heavy atom. The average Bonchev–Trinajstić information content (AvgIpc) is 2.40. The summed E-state index contributed by atoms with van der Waals surface area (Å²) in [4.78, 5) is 13.1. The molecule has 0 aliphatic carbocycles. The van der Waals surface area contributed by atoms with Gasteiger partial charge in [0.05, 0.1) is 25.9 Å². The van der Waals surface area contributed by atoms with Crippen molar-refractivity contribution in [1.82, 2.24) is 4.90 Å². The van der Waals surface area contributed by atoms with Crippen LogP contribution in [-0.2, 0) is 11.3 Å². The fraction of sp³-hybridized carbons (Fsp3) is 0.462. The van der Waals surface area contributed by atoms with Gasteiger partial charge in [-0.1, -0.05) is 6.07 Å². The van der Waals surface area contributed by atoms with E-state index in [9.17, 15) is 4.79 Å². The maximum atomic E-state index is 10.8. The SMILES string of the molecule is COc1cc(CN2CCOCC2)ccc1C=O. The number of carbonyl (C=O) groups excluding carboxylic acids is 1. The molecule has 1 saturated heterocycles.